The Labute approximate surface area is 97.8 Å². The molecule has 0 aromatic carbocycles. The lowest BCUT2D eigenvalue weighted by molar-refractivity contribution is 0.274. The minimum Gasteiger partial charge on any atom is -0.212 e. The summed E-state index contributed by atoms with van der Waals surface area (Å²) in [5, 5.41) is 0.0945. The topological polar surface area (TPSA) is 37.4 Å². The lowest BCUT2D eigenvalue weighted by Gasteiger charge is -2.28. The van der Waals surface area contributed by atoms with Crippen LogP contribution in [0.4, 0.5) is 0 Å². The van der Waals surface area contributed by atoms with Gasteiger partial charge in [-0.05, 0) is 25.2 Å². The Balaban J connectivity index is 2.85. The van der Waals surface area contributed by atoms with E-state index in [-0.39, 0.29) is 16.5 Å². The van der Waals surface area contributed by atoms with Gasteiger partial charge in [0.15, 0.2) is 0 Å². The SMILES string of the molecule is CCS(=O)(=O)N1CCC(Cl)CC(C)(C)C1. The second-order valence-corrected chi connectivity index (χ2v) is 7.86. The van der Waals surface area contributed by atoms with Gasteiger partial charge in [-0.3, -0.25) is 0 Å². The molecule has 1 saturated heterocycles. The number of halogens is 1. The van der Waals surface area contributed by atoms with Crippen LogP contribution in [0.3, 0.4) is 0 Å². The quantitative estimate of drug-likeness (QED) is 0.707. The second kappa shape index (κ2) is 4.60. The highest BCUT2D eigenvalue weighted by molar-refractivity contribution is 7.89. The first-order valence-electron chi connectivity index (χ1n) is 5.39. The molecule has 1 aliphatic rings. The molecule has 1 heterocycles. The highest BCUT2D eigenvalue weighted by Crippen LogP contribution is 2.31. The highest BCUT2D eigenvalue weighted by Gasteiger charge is 2.33. The second-order valence-electron chi connectivity index (χ2n) is 4.99. The third-order valence-corrected chi connectivity index (χ3v) is 5.03. The van der Waals surface area contributed by atoms with Crippen LogP contribution in [0.1, 0.15) is 33.6 Å². The average molecular weight is 254 g/mol. The summed E-state index contributed by atoms with van der Waals surface area (Å²) in [6.07, 6.45) is 1.63. The van der Waals surface area contributed by atoms with E-state index >= 15 is 0 Å². The number of sulfonamides is 1. The normalized spacial score (nSPS) is 28.7. The van der Waals surface area contributed by atoms with Crippen LogP contribution in [0.15, 0.2) is 0 Å². The number of alkyl halides is 1. The van der Waals surface area contributed by atoms with Crippen LogP contribution < -0.4 is 0 Å². The van der Waals surface area contributed by atoms with Crippen LogP contribution in [0.2, 0.25) is 0 Å². The molecule has 90 valence electrons. The summed E-state index contributed by atoms with van der Waals surface area (Å²) in [4.78, 5) is 0. The Kier molecular flexibility index (Phi) is 4.07. The fraction of sp³-hybridized carbons (Fsp3) is 1.00. The van der Waals surface area contributed by atoms with Gasteiger partial charge in [0.2, 0.25) is 10.0 Å². The van der Waals surface area contributed by atoms with Crippen molar-refractivity contribution in [3.8, 4) is 0 Å². The monoisotopic (exact) mass is 253 g/mol. The molecule has 15 heavy (non-hydrogen) atoms. The first-order chi connectivity index (χ1) is 6.77. The van der Waals surface area contributed by atoms with Gasteiger partial charge in [-0.25, -0.2) is 12.7 Å². The molecule has 1 aliphatic heterocycles. The molecular formula is C10H20ClNO2S. The van der Waals surface area contributed by atoms with Crippen molar-refractivity contribution in [2.24, 2.45) is 5.41 Å². The average Bonchev–Trinajstić information content (AvgIpc) is 2.23. The van der Waals surface area contributed by atoms with Gasteiger partial charge in [-0.2, -0.15) is 0 Å². The van der Waals surface area contributed by atoms with Crippen molar-refractivity contribution in [1.29, 1.82) is 0 Å². The van der Waals surface area contributed by atoms with Crippen molar-refractivity contribution >= 4 is 21.6 Å². The summed E-state index contributed by atoms with van der Waals surface area (Å²) in [6, 6.07) is 0. The highest BCUT2D eigenvalue weighted by atomic mass is 35.5. The zero-order valence-electron chi connectivity index (χ0n) is 9.66. The van der Waals surface area contributed by atoms with Crippen molar-refractivity contribution < 1.29 is 8.42 Å². The van der Waals surface area contributed by atoms with E-state index in [9.17, 15) is 8.42 Å². The number of nitrogens with zero attached hydrogens (tertiary/aromatic N) is 1. The molecule has 0 saturated carbocycles. The molecule has 0 N–H and O–H groups in total. The Morgan fingerprint density at radius 3 is 2.60 bits per heavy atom. The van der Waals surface area contributed by atoms with Gasteiger partial charge in [0.05, 0.1) is 5.75 Å². The van der Waals surface area contributed by atoms with Crippen molar-refractivity contribution in [3.63, 3.8) is 0 Å². The van der Waals surface area contributed by atoms with E-state index < -0.39 is 10.0 Å². The van der Waals surface area contributed by atoms with Gasteiger partial charge in [-0.15, -0.1) is 11.6 Å². The predicted molar refractivity (Wildman–Crippen MR) is 63.7 cm³/mol. The van der Waals surface area contributed by atoms with Crippen LogP contribution in [-0.4, -0.2) is 36.9 Å². The molecule has 0 spiro atoms. The van der Waals surface area contributed by atoms with Gasteiger partial charge in [0, 0.05) is 18.5 Å². The first kappa shape index (κ1) is 13.3. The maximum Gasteiger partial charge on any atom is 0.213 e. The van der Waals surface area contributed by atoms with Crippen LogP contribution >= 0.6 is 11.6 Å². The van der Waals surface area contributed by atoms with E-state index in [0.717, 1.165) is 12.8 Å². The van der Waals surface area contributed by atoms with E-state index in [1.165, 1.54) is 0 Å². The van der Waals surface area contributed by atoms with Crippen molar-refractivity contribution in [1.82, 2.24) is 4.31 Å². The van der Waals surface area contributed by atoms with Gasteiger partial charge in [-0.1, -0.05) is 13.8 Å². The summed E-state index contributed by atoms with van der Waals surface area (Å²) >= 11 is 6.14. The maximum atomic E-state index is 11.8. The summed E-state index contributed by atoms with van der Waals surface area (Å²) in [7, 11) is -3.06. The van der Waals surface area contributed by atoms with Crippen molar-refractivity contribution in [3.05, 3.63) is 0 Å². The molecule has 0 radical (unpaired) electrons. The molecule has 1 atom stereocenters. The molecule has 5 heteroatoms. The Morgan fingerprint density at radius 2 is 2.07 bits per heavy atom. The minimum atomic E-state index is -3.06. The van der Waals surface area contributed by atoms with Gasteiger partial charge in [0.1, 0.15) is 0 Å². The van der Waals surface area contributed by atoms with Crippen molar-refractivity contribution in [2.45, 2.75) is 39.0 Å². The molecule has 1 fully saturated rings. The minimum absolute atomic E-state index is 0.0227. The first-order valence-corrected chi connectivity index (χ1v) is 7.43. The molecule has 0 aliphatic carbocycles. The summed E-state index contributed by atoms with van der Waals surface area (Å²) in [5.41, 5.74) is -0.0227. The van der Waals surface area contributed by atoms with Gasteiger partial charge < -0.3 is 0 Å². The van der Waals surface area contributed by atoms with Crippen LogP contribution in [-0.2, 0) is 10.0 Å². The summed E-state index contributed by atoms with van der Waals surface area (Å²) < 4.78 is 25.2. The number of hydrogen-bond donors (Lipinski definition) is 0. The summed E-state index contributed by atoms with van der Waals surface area (Å²) in [6.45, 7) is 6.99. The standard InChI is InChI=1S/C10H20ClNO2S/c1-4-15(13,14)12-6-5-9(11)7-10(2,3)8-12/h9H,4-8H2,1-3H3. The van der Waals surface area contributed by atoms with E-state index in [1.54, 1.807) is 11.2 Å². The zero-order valence-corrected chi connectivity index (χ0v) is 11.2. The van der Waals surface area contributed by atoms with Crippen molar-refractivity contribution in [2.75, 3.05) is 18.8 Å². The third kappa shape index (κ3) is 3.61. The molecule has 0 aromatic rings. The molecule has 3 nitrogen and oxygen atoms in total. The largest absolute Gasteiger partial charge is 0.213 e. The van der Waals surface area contributed by atoms with Gasteiger partial charge >= 0.3 is 0 Å². The Morgan fingerprint density at radius 1 is 1.47 bits per heavy atom. The van der Waals surface area contributed by atoms with Crippen LogP contribution in [0.25, 0.3) is 0 Å². The number of rotatable bonds is 2. The zero-order chi connectivity index (χ0) is 11.7. The Bertz CT molecular complexity index is 313. The Hall–Kier alpha value is 0.200. The fourth-order valence-electron chi connectivity index (χ4n) is 2.03. The molecule has 1 rings (SSSR count). The molecule has 1 unspecified atom stereocenters. The third-order valence-electron chi connectivity index (χ3n) is 2.83. The van der Waals surface area contributed by atoms with E-state index in [0.29, 0.717) is 13.1 Å². The van der Waals surface area contributed by atoms with E-state index in [4.69, 9.17) is 11.6 Å². The molecular weight excluding hydrogens is 234 g/mol. The molecule has 0 aromatic heterocycles. The van der Waals surface area contributed by atoms with E-state index in [1.807, 2.05) is 0 Å². The number of hydrogen-bond acceptors (Lipinski definition) is 2. The van der Waals surface area contributed by atoms with Gasteiger partial charge in [0.25, 0.3) is 0 Å². The fourth-order valence-corrected chi connectivity index (χ4v) is 3.84. The lowest BCUT2D eigenvalue weighted by Crippen LogP contribution is -2.38. The van der Waals surface area contributed by atoms with E-state index in [2.05, 4.69) is 13.8 Å². The van der Waals surface area contributed by atoms with Crippen LogP contribution in [0.5, 0.6) is 0 Å². The predicted octanol–water partition coefficient (Wildman–Crippen LogP) is 2.07. The maximum absolute atomic E-state index is 11.8. The molecule has 0 bridgehead atoms. The smallest absolute Gasteiger partial charge is 0.212 e. The molecule has 0 amide bonds. The van der Waals surface area contributed by atoms with Crippen LogP contribution in [0, 0.1) is 5.41 Å². The summed E-state index contributed by atoms with van der Waals surface area (Å²) in [5.74, 6) is 0.177. The lowest BCUT2D eigenvalue weighted by atomic mass is 9.88.